The molecule has 1 aromatic heterocycles. The van der Waals surface area contributed by atoms with Gasteiger partial charge >= 0.3 is 0 Å². The van der Waals surface area contributed by atoms with Gasteiger partial charge in [0.15, 0.2) is 15.0 Å². The maximum atomic E-state index is 5.89. The lowest BCUT2D eigenvalue weighted by Crippen LogP contribution is -2.04. The van der Waals surface area contributed by atoms with Crippen molar-refractivity contribution in [3.8, 4) is 0 Å². The summed E-state index contributed by atoms with van der Waals surface area (Å²) in [6.07, 6.45) is 2.15. The van der Waals surface area contributed by atoms with Crippen LogP contribution in [0.5, 0.6) is 0 Å². The van der Waals surface area contributed by atoms with Crippen LogP contribution in [0, 0.1) is 0 Å². The summed E-state index contributed by atoms with van der Waals surface area (Å²) in [5.41, 5.74) is 0. The van der Waals surface area contributed by atoms with Gasteiger partial charge < -0.3 is 4.74 Å². The minimum atomic E-state index is 0.289. The molecule has 14 heavy (non-hydrogen) atoms. The molecular weight excluding hydrogens is 291 g/mol. The molecule has 80 valence electrons. The molecule has 3 nitrogen and oxygen atoms in total. The van der Waals surface area contributed by atoms with Gasteiger partial charge in [0, 0.05) is 6.61 Å². The highest BCUT2D eigenvalue weighted by molar-refractivity contribution is 9.10. The van der Waals surface area contributed by atoms with Crippen molar-refractivity contribution < 1.29 is 4.74 Å². The van der Waals surface area contributed by atoms with Crippen molar-refractivity contribution in [2.24, 2.45) is 0 Å². The Morgan fingerprint density at radius 1 is 1.50 bits per heavy atom. The minimum absolute atomic E-state index is 0.289. The van der Waals surface area contributed by atoms with Crippen LogP contribution in [0.15, 0.2) is 4.73 Å². The van der Waals surface area contributed by atoms with E-state index in [1.54, 1.807) is 4.57 Å². The fraction of sp³-hybridized carbons (Fsp3) is 0.625. The summed E-state index contributed by atoms with van der Waals surface area (Å²) < 4.78 is 7.64. The van der Waals surface area contributed by atoms with Crippen molar-refractivity contribution in [2.75, 3.05) is 6.61 Å². The first-order valence-electron chi connectivity index (χ1n) is 4.31. The second-order valence-corrected chi connectivity index (χ2v) is 4.21. The van der Waals surface area contributed by atoms with E-state index < -0.39 is 0 Å². The van der Waals surface area contributed by atoms with Crippen molar-refractivity contribution in [3.05, 3.63) is 15.0 Å². The third-order valence-corrected chi connectivity index (χ3v) is 3.03. The summed E-state index contributed by atoms with van der Waals surface area (Å²) in [7, 11) is 0. The van der Waals surface area contributed by atoms with Gasteiger partial charge in [-0.05, 0) is 22.4 Å². The Hall–Kier alpha value is 0.230. The number of hydrogen-bond acceptors (Lipinski definition) is 2. The predicted molar refractivity (Wildman–Crippen MR) is 60.8 cm³/mol. The van der Waals surface area contributed by atoms with Crippen LogP contribution in [-0.2, 0) is 11.5 Å². The fourth-order valence-electron chi connectivity index (χ4n) is 0.892. The predicted octanol–water partition coefficient (Wildman–Crippen LogP) is 3.73. The molecule has 0 spiro atoms. The molecule has 0 radical (unpaired) electrons. The maximum absolute atomic E-state index is 5.89. The summed E-state index contributed by atoms with van der Waals surface area (Å²) in [5.74, 6) is 0. The Morgan fingerprint density at radius 2 is 2.21 bits per heavy atom. The van der Waals surface area contributed by atoms with Crippen molar-refractivity contribution in [3.63, 3.8) is 0 Å². The lowest BCUT2D eigenvalue weighted by molar-refractivity contribution is 0.0735. The van der Waals surface area contributed by atoms with Crippen molar-refractivity contribution >= 4 is 39.1 Å². The Labute approximate surface area is 101 Å². The third kappa shape index (κ3) is 3.12. The Kier molecular flexibility index (Phi) is 5.23. The van der Waals surface area contributed by atoms with Gasteiger partial charge in [0.2, 0.25) is 0 Å². The normalized spacial score (nSPS) is 10.9. The van der Waals surface area contributed by atoms with Crippen LogP contribution in [0.3, 0.4) is 0 Å². The molecule has 0 saturated carbocycles. The van der Waals surface area contributed by atoms with Crippen LogP contribution in [0.1, 0.15) is 19.8 Å². The van der Waals surface area contributed by atoms with Gasteiger partial charge in [-0.15, -0.1) is 0 Å². The van der Waals surface area contributed by atoms with Gasteiger partial charge in [0.1, 0.15) is 6.73 Å². The molecule has 0 unspecified atom stereocenters. The van der Waals surface area contributed by atoms with Crippen LogP contribution in [0.4, 0.5) is 0 Å². The molecular formula is C8H11BrCl2N2O. The number of nitrogens with zero attached hydrogens (tertiary/aromatic N) is 2. The molecule has 0 aromatic carbocycles. The van der Waals surface area contributed by atoms with Gasteiger partial charge in [-0.1, -0.05) is 36.5 Å². The topological polar surface area (TPSA) is 27.1 Å². The van der Waals surface area contributed by atoms with E-state index in [2.05, 4.69) is 27.8 Å². The Morgan fingerprint density at radius 3 is 2.71 bits per heavy atom. The molecule has 0 aliphatic rings. The van der Waals surface area contributed by atoms with E-state index in [0.717, 1.165) is 19.4 Å². The molecule has 0 aliphatic carbocycles. The molecule has 0 aliphatic heterocycles. The van der Waals surface area contributed by atoms with Gasteiger partial charge in [-0.25, -0.2) is 4.98 Å². The number of imidazole rings is 1. The lowest BCUT2D eigenvalue weighted by atomic mass is 10.4. The first-order valence-corrected chi connectivity index (χ1v) is 5.86. The minimum Gasteiger partial charge on any atom is -0.361 e. The van der Waals surface area contributed by atoms with Gasteiger partial charge in [0.25, 0.3) is 0 Å². The molecule has 0 amide bonds. The quantitative estimate of drug-likeness (QED) is 0.775. The van der Waals surface area contributed by atoms with Crippen LogP contribution in [0.25, 0.3) is 0 Å². The average molecular weight is 302 g/mol. The summed E-state index contributed by atoms with van der Waals surface area (Å²) in [6, 6.07) is 0. The largest absolute Gasteiger partial charge is 0.361 e. The second kappa shape index (κ2) is 5.95. The number of unbranched alkanes of at least 4 members (excludes halogenated alkanes) is 1. The van der Waals surface area contributed by atoms with E-state index in [4.69, 9.17) is 27.9 Å². The van der Waals surface area contributed by atoms with Crippen molar-refractivity contribution in [2.45, 2.75) is 26.5 Å². The van der Waals surface area contributed by atoms with Crippen LogP contribution in [-0.4, -0.2) is 16.2 Å². The molecule has 0 atom stereocenters. The first-order chi connectivity index (χ1) is 6.66. The van der Waals surface area contributed by atoms with Crippen LogP contribution in [0.2, 0.25) is 10.3 Å². The maximum Gasteiger partial charge on any atom is 0.181 e. The molecule has 1 heterocycles. The number of rotatable bonds is 5. The average Bonchev–Trinajstić information content (AvgIpc) is 2.38. The Bertz CT molecular complexity index is 304. The number of hydrogen-bond donors (Lipinski definition) is 0. The van der Waals surface area contributed by atoms with Crippen LogP contribution < -0.4 is 0 Å². The zero-order valence-corrected chi connectivity index (χ0v) is 10.9. The van der Waals surface area contributed by atoms with E-state index in [1.165, 1.54) is 0 Å². The standard InChI is InChI=1S/C8H11BrCl2N2O/c1-2-3-4-14-5-13-7(11)6(10)12-8(13)9/h2-5H2,1H3. The molecule has 1 aromatic rings. The van der Waals surface area contributed by atoms with E-state index in [0.29, 0.717) is 16.6 Å². The van der Waals surface area contributed by atoms with E-state index in [-0.39, 0.29) is 5.15 Å². The number of ether oxygens (including phenoxy) is 1. The van der Waals surface area contributed by atoms with Crippen LogP contribution >= 0.6 is 39.1 Å². The highest BCUT2D eigenvalue weighted by Gasteiger charge is 2.11. The monoisotopic (exact) mass is 300 g/mol. The van der Waals surface area contributed by atoms with Crippen molar-refractivity contribution in [1.29, 1.82) is 0 Å². The summed E-state index contributed by atoms with van der Waals surface area (Å²) in [6.45, 7) is 3.20. The van der Waals surface area contributed by atoms with Crippen molar-refractivity contribution in [1.82, 2.24) is 9.55 Å². The molecule has 0 bridgehead atoms. The summed E-state index contributed by atoms with van der Waals surface area (Å²) >= 11 is 14.9. The first kappa shape index (κ1) is 12.3. The molecule has 1 rings (SSSR count). The zero-order valence-electron chi connectivity index (χ0n) is 7.76. The highest BCUT2D eigenvalue weighted by atomic mass is 79.9. The number of aromatic nitrogens is 2. The highest BCUT2D eigenvalue weighted by Crippen LogP contribution is 2.25. The summed E-state index contributed by atoms with van der Waals surface area (Å²) in [5, 5.41) is 0.688. The fourth-order valence-corrected chi connectivity index (χ4v) is 1.91. The molecule has 0 N–H and O–H groups in total. The Balaban J connectivity index is 2.49. The molecule has 0 fully saturated rings. The van der Waals surface area contributed by atoms with Gasteiger partial charge in [0.05, 0.1) is 0 Å². The SMILES string of the molecule is CCCCOCn1c(Br)nc(Cl)c1Cl. The smallest absolute Gasteiger partial charge is 0.181 e. The zero-order chi connectivity index (χ0) is 10.6. The number of halogens is 3. The van der Waals surface area contributed by atoms with E-state index in [9.17, 15) is 0 Å². The van der Waals surface area contributed by atoms with Gasteiger partial charge in [-0.3, -0.25) is 4.57 Å². The third-order valence-electron chi connectivity index (χ3n) is 1.68. The second-order valence-electron chi connectivity index (χ2n) is 2.78. The summed E-state index contributed by atoms with van der Waals surface area (Å²) in [4.78, 5) is 3.94. The van der Waals surface area contributed by atoms with E-state index >= 15 is 0 Å². The molecule has 0 saturated heterocycles. The molecule has 6 heteroatoms. The van der Waals surface area contributed by atoms with Gasteiger partial charge in [-0.2, -0.15) is 0 Å². The lowest BCUT2D eigenvalue weighted by Gasteiger charge is -2.06. The van der Waals surface area contributed by atoms with E-state index in [1.807, 2.05) is 0 Å².